The normalized spacial score (nSPS) is 10.9. The number of benzene rings is 1. The van der Waals surface area contributed by atoms with Gasteiger partial charge in [0.25, 0.3) is 0 Å². The van der Waals surface area contributed by atoms with Crippen molar-refractivity contribution in [2.75, 3.05) is 14.2 Å². The third-order valence-corrected chi connectivity index (χ3v) is 1.77. The topological polar surface area (TPSA) is 44.8 Å². The lowest BCUT2D eigenvalue weighted by Crippen LogP contribution is -2.17. The molecule has 0 spiro atoms. The summed E-state index contributed by atoms with van der Waals surface area (Å²) in [7, 11) is 2.37. The van der Waals surface area contributed by atoms with Crippen LogP contribution in [0.25, 0.3) is 0 Å². The third-order valence-electron chi connectivity index (χ3n) is 1.77. The minimum absolute atomic E-state index is 0.0622. The van der Waals surface area contributed by atoms with E-state index in [9.17, 15) is 18.0 Å². The van der Waals surface area contributed by atoms with Crippen LogP contribution in [-0.4, -0.2) is 26.6 Å². The Morgan fingerprint density at radius 3 is 2.18 bits per heavy atom. The Morgan fingerprint density at radius 1 is 1.12 bits per heavy atom. The number of esters is 1. The number of carbonyl (C=O) groups is 1. The van der Waals surface area contributed by atoms with E-state index >= 15 is 0 Å². The summed E-state index contributed by atoms with van der Waals surface area (Å²) in [5.41, 5.74) is -0.0916. The van der Waals surface area contributed by atoms with Gasteiger partial charge in [0.05, 0.1) is 19.8 Å². The van der Waals surface area contributed by atoms with Gasteiger partial charge < -0.3 is 14.2 Å². The Balaban J connectivity index is 3.09. The van der Waals surface area contributed by atoms with Crippen LogP contribution in [0.15, 0.2) is 18.2 Å². The minimum Gasteiger partial charge on any atom is -0.497 e. The van der Waals surface area contributed by atoms with E-state index in [2.05, 4.69) is 9.47 Å². The quantitative estimate of drug-likeness (QED) is 0.772. The van der Waals surface area contributed by atoms with Crippen molar-refractivity contribution in [1.29, 1.82) is 0 Å². The van der Waals surface area contributed by atoms with Crippen LogP contribution in [0.1, 0.15) is 10.4 Å². The first-order valence-corrected chi connectivity index (χ1v) is 4.39. The fraction of sp³-hybridized carbons (Fsp3) is 0.300. The van der Waals surface area contributed by atoms with Crippen molar-refractivity contribution in [3.05, 3.63) is 23.8 Å². The number of carbonyl (C=O) groups excluding carboxylic acids is 1. The van der Waals surface area contributed by atoms with E-state index < -0.39 is 18.1 Å². The van der Waals surface area contributed by atoms with Gasteiger partial charge in [-0.15, -0.1) is 13.2 Å². The van der Waals surface area contributed by atoms with Gasteiger partial charge in [-0.3, -0.25) is 0 Å². The number of hydrogen-bond donors (Lipinski definition) is 0. The van der Waals surface area contributed by atoms with Crippen molar-refractivity contribution in [3.8, 4) is 11.5 Å². The number of alkyl halides is 3. The second-order valence-electron chi connectivity index (χ2n) is 2.94. The summed E-state index contributed by atoms with van der Waals surface area (Å²) in [6.07, 6.45) is -4.83. The van der Waals surface area contributed by atoms with Crippen LogP contribution in [-0.2, 0) is 4.74 Å². The van der Waals surface area contributed by atoms with E-state index in [0.717, 1.165) is 19.2 Å². The molecule has 7 heteroatoms. The molecule has 17 heavy (non-hydrogen) atoms. The van der Waals surface area contributed by atoms with Gasteiger partial charge in [0.2, 0.25) is 0 Å². The molecule has 1 aromatic carbocycles. The molecule has 0 aliphatic rings. The largest absolute Gasteiger partial charge is 0.573 e. The van der Waals surface area contributed by atoms with Crippen LogP contribution >= 0.6 is 0 Å². The van der Waals surface area contributed by atoms with Crippen LogP contribution in [0.2, 0.25) is 0 Å². The summed E-state index contributed by atoms with van der Waals surface area (Å²) < 4.78 is 48.9. The van der Waals surface area contributed by atoms with Crippen LogP contribution in [0, 0.1) is 0 Å². The molecule has 0 heterocycles. The summed E-state index contributed by atoms with van der Waals surface area (Å²) >= 11 is 0. The zero-order valence-corrected chi connectivity index (χ0v) is 9.00. The number of ether oxygens (including phenoxy) is 3. The number of halogens is 3. The first-order chi connectivity index (χ1) is 7.85. The van der Waals surface area contributed by atoms with Crippen molar-refractivity contribution in [2.24, 2.45) is 0 Å². The van der Waals surface area contributed by atoms with Crippen molar-refractivity contribution in [2.45, 2.75) is 6.36 Å². The molecular formula is C10H9F3O4. The van der Waals surface area contributed by atoms with Gasteiger partial charge >= 0.3 is 12.3 Å². The molecule has 0 aliphatic heterocycles. The van der Waals surface area contributed by atoms with Crippen LogP contribution < -0.4 is 9.47 Å². The highest BCUT2D eigenvalue weighted by Gasteiger charge is 2.31. The standard InChI is InChI=1S/C10H9F3O4/c1-15-7-3-6(9(14)16-2)4-8(5-7)17-10(11,12)13/h3-5H,1-2H3. The van der Waals surface area contributed by atoms with Crippen molar-refractivity contribution >= 4 is 5.97 Å². The Hall–Kier alpha value is -1.92. The van der Waals surface area contributed by atoms with E-state index in [-0.39, 0.29) is 11.3 Å². The number of rotatable bonds is 3. The molecule has 0 bridgehead atoms. The van der Waals surface area contributed by atoms with Gasteiger partial charge in [-0.2, -0.15) is 0 Å². The van der Waals surface area contributed by atoms with Crippen LogP contribution in [0.4, 0.5) is 13.2 Å². The maximum atomic E-state index is 12.0. The smallest absolute Gasteiger partial charge is 0.497 e. The Kier molecular flexibility index (Phi) is 3.82. The van der Waals surface area contributed by atoms with Gasteiger partial charge in [-0.1, -0.05) is 0 Å². The predicted octanol–water partition coefficient (Wildman–Crippen LogP) is 2.38. The summed E-state index contributed by atoms with van der Waals surface area (Å²) in [5, 5.41) is 0. The molecule has 0 N–H and O–H groups in total. The zero-order chi connectivity index (χ0) is 13.1. The molecule has 94 valence electrons. The Labute approximate surface area is 94.9 Å². The lowest BCUT2D eigenvalue weighted by Gasteiger charge is -2.11. The molecule has 0 saturated carbocycles. The maximum absolute atomic E-state index is 12.0. The van der Waals surface area contributed by atoms with Crippen LogP contribution in [0.5, 0.6) is 11.5 Å². The molecule has 0 aliphatic carbocycles. The average Bonchev–Trinajstić information content (AvgIpc) is 2.25. The zero-order valence-electron chi connectivity index (χ0n) is 9.00. The first-order valence-electron chi connectivity index (χ1n) is 4.39. The molecule has 0 amide bonds. The number of hydrogen-bond acceptors (Lipinski definition) is 4. The van der Waals surface area contributed by atoms with Crippen molar-refractivity contribution in [3.63, 3.8) is 0 Å². The molecule has 0 unspecified atom stereocenters. The molecule has 1 aromatic rings. The highest BCUT2D eigenvalue weighted by atomic mass is 19.4. The molecule has 1 rings (SSSR count). The molecule has 0 radical (unpaired) electrons. The molecule has 0 atom stereocenters. The average molecular weight is 250 g/mol. The molecule has 0 saturated heterocycles. The third kappa shape index (κ3) is 3.86. The van der Waals surface area contributed by atoms with E-state index in [4.69, 9.17) is 4.74 Å². The highest BCUT2D eigenvalue weighted by molar-refractivity contribution is 5.90. The fourth-order valence-electron chi connectivity index (χ4n) is 1.12. The molecular weight excluding hydrogens is 241 g/mol. The lowest BCUT2D eigenvalue weighted by molar-refractivity contribution is -0.274. The SMILES string of the molecule is COC(=O)c1cc(OC)cc(OC(F)(F)F)c1. The van der Waals surface area contributed by atoms with Crippen LogP contribution in [0.3, 0.4) is 0 Å². The predicted molar refractivity (Wildman–Crippen MR) is 51.0 cm³/mol. The summed E-state index contributed by atoms with van der Waals surface area (Å²) in [6, 6.07) is 3.18. The minimum atomic E-state index is -4.83. The van der Waals surface area contributed by atoms with E-state index in [1.54, 1.807) is 0 Å². The lowest BCUT2D eigenvalue weighted by atomic mass is 10.2. The maximum Gasteiger partial charge on any atom is 0.573 e. The summed E-state index contributed by atoms with van der Waals surface area (Å²) in [6.45, 7) is 0. The number of methoxy groups -OCH3 is 2. The first kappa shape index (κ1) is 13.1. The molecule has 0 fully saturated rings. The molecule has 0 aromatic heterocycles. The summed E-state index contributed by atoms with van der Waals surface area (Å²) in [5.74, 6) is -1.26. The van der Waals surface area contributed by atoms with Crippen molar-refractivity contribution < 1.29 is 32.2 Å². The fourth-order valence-corrected chi connectivity index (χ4v) is 1.12. The van der Waals surface area contributed by atoms with E-state index in [1.807, 2.05) is 0 Å². The monoisotopic (exact) mass is 250 g/mol. The van der Waals surface area contributed by atoms with E-state index in [0.29, 0.717) is 0 Å². The summed E-state index contributed by atoms with van der Waals surface area (Å²) in [4.78, 5) is 11.2. The Morgan fingerprint density at radius 2 is 1.71 bits per heavy atom. The Bertz CT molecular complexity index is 415. The highest BCUT2D eigenvalue weighted by Crippen LogP contribution is 2.28. The van der Waals surface area contributed by atoms with E-state index in [1.165, 1.54) is 13.2 Å². The van der Waals surface area contributed by atoms with Gasteiger partial charge in [-0.25, -0.2) is 4.79 Å². The van der Waals surface area contributed by atoms with Gasteiger partial charge in [0.1, 0.15) is 11.5 Å². The second kappa shape index (κ2) is 4.94. The molecule has 4 nitrogen and oxygen atoms in total. The van der Waals surface area contributed by atoms with Gasteiger partial charge in [0.15, 0.2) is 0 Å². The van der Waals surface area contributed by atoms with Crippen molar-refractivity contribution in [1.82, 2.24) is 0 Å². The second-order valence-corrected chi connectivity index (χ2v) is 2.94. The van der Waals surface area contributed by atoms with Gasteiger partial charge in [0, 0.05) is 6.07 Å². The van der Waals surface area contributed by atoms with Gasteiger partial charge in [-0.05, 0) is 12.1 Å².